The van der Waals surface area contributed by atoms with E-state index in [2.05, 4.69) is 11.9 Å². The Kier molecular flexibility index (Phi) is 3.46. The fraction of sp³-hybridized carbons (Fsp3) is 0.286. The number of hydrogen-bond donors (Lipinski definition) is 1. The van der Waals surface area contributed by atoms with Crippen LogP contribution in [0.3, 0.4) is 0 Å². The predicted molar refractivity (Wildman–Crippen MR) is 70.5 cm³/mol. The average Bonchev–Trinajstić information content (AvgIpc) is 2.62. The molecule has 94 valence electrons. The van der Waals surface area contributed by atoms with Crippen molar-refractivity contribution in [1.29, 1.82) is 0 Å². The van der Waals surface area contributed by atoms with E-state index in [4.69, 9.17) is 0 Å². The highest BCUT2D eigenvalue weighted by molar-refractivity contribution is 6.01. The summed E-state index contributed by atoms with van der Waals surface area (Å²) in [4.78, 5) is 24.8. The molecule has 1 aliphatic rings. The van der Waals surface area contributed by atoms with E-state index >= 15 is 0 Å². The minimum atomic E-state index is -0.0347. The van der Waals surface area contributed by atoms with Crippen LogP contribution >= 0.6 is 0 Å². The molecule has 4 heteroatoms. The normalized spacial score (nSPS) is 13.4. The first-order valence-electron chi connectivity index (χ1n) is 5.87. The van der Waals surface area contributed by atoms with Crippen LogP contribution in [0.1, 0.15) is 11.1 Å². The minimum Gasteiger partial charge on any atom is -0.352 e. The van der Waals surface area contributed by atoms with E-state index in [0.29, 0.717) is 19.4 Å². The molecule has 18 heavy (non-hydrogen) atoms. The number of fused-ring (bicyclic) bond motifs is 1. The predicted octanol–water partition coefficient (Wildman–Crippen LogP) is 1.05. The Hall–Kier alpha value is -2.10. The molecule has 0 aliphatic carbocycles. The van der Waals surface area contributed by atoms with Crippen molar-refractivity contribution < 1.29 is 9.59 Å². The van der Waals surface area contributed by atoms with E-state index < -0.39 is 0 Å². The van der Waals surface area contributed by atoms with Crippen LogP contribution in [0.2, 0.25) is 0 Å². The molecule has 0 saturated heterocycles. The molecule has 4 nitrogen and oxygen atoms in total. The maximum absolute atomic E-state index is 11.6. The lowest BCUT2D eigenvalue weighted by molar-refractivity contribution is -0.120. The Morgan fingerprint density at radius 3 is 3.06 bits per heavy atom. The van der Waals surface area contributed by atoms with Crippen LogP contribution in [0, 0.1) is 0 Å². The van der Waals surface area contributed by atoms with Crippen molar-refractivity contribution in [2.75, 3.05) is 18.5 Å². The van der Waals surface area contributed by atoms with E-state index in [1.165, 1.54) is 0 Å². The van der Waals surface area contributed by atoms with Crippen molar-refractivity contribution >= 4 is 17.5 Å². The number of benzene rings is 1. The zero-order chi connectivity index (χ0) is 13.1. The maximum atomic E-state index is 11.6. The highest BCUT2D eigenvalue weighted by Crippen LogP contribution is 2.28. The number of nitrogens with one attached hydrogen (secondary N) is 1. The number of carbonyl (C=O) groups excluding carboxylic acids is 2. The van der Waals surface area contributed by atoms with Gasteiger partial charge in [0.2, 0.25) is 11.8 Å². The number of hydrogen-bond acceptors (Lipinski definition) is 2. The molecule has 1 heterocycles. The second-order valence-electron chi connectivity index (χ2n) is 4.36. The monoisotopic (exact) mass is 244 g/mol. The van der Waals surface area contributed by atoms with Crippen molar-refractivity contribution in [2.24, 2.45) is 0 Å². The first-order chi connectivity index (χ1) is 8.61. The molecule has 0 radical (unpaired) electrons. The summed E-state index contributed by atoms with van der Waals surface area (Å²) in [6.45, 7) is 4.02. The summed E-state index contributed by atoms with van der Waals surface area (Å²) in [5.74, 6) is 0.0609. The van der Waals surface area contributed by atoms with E-state index in [0.717, 1.165) is 16.8 Å². The number of rotatable bonds is 4. The smallest absolute Gasteiger partial charge is 0.231 e. The first-order valence-corrected chi connectivity index (χ1v) is 5.87. The highest BCUT2D eigenvalue weighted by Gasteiger charge is 2.23. The lowest BCUT2D eigenvalue weighted by atomic mass is 10.1. The third-order valence-electron chi connectivity index (χ3n) is 3.03. The van der Waals surface area contributed by atoms with Crippen LogP contribution in [0.4, 0.5) is 5.69 Å². The Labute approximate surface area is 106 Å². The number of amides is 2. The summed E-state index contributed by atoms with van der Waals surface area (Å²) in [7, 11) is 1.77. The van der Waals surface area contributed by atoms with Crippen molar-refractivity contribution in [3.05, 3.63) is 42.0 Å². The highest BCUT2D eigenvalue weighted by atomic mass is 16.2. The molecular weight excluding hydrogens is 228 g/mol. The van der Waals surface area contributed by atoms with Crippen LogP contribution in [0.15, 0.2) is 30.9 Å². The first kappa shape index (κ1) is 12.4. The quantitative estimate of drug-likeness (QED) is 0.805. The number of anilines is 1. The summed E-state index contributed by atoms with van der Waals surface area (Å²) in [6, 6.07) is 5.72. The minimum absolute atomic E-state index is 0.0347. The average molecular weight is 244 g/mol. The summed E-state index contributed by atoms with van der Waals surface area (Å²) >= 11 is 0. The molecule has 0 unspecified atom stereocenters. The Balaban J connectivity index is 2.09. The second kappa shape index (κ2) is 5.04. The third-order valence-corrected chi connectivity index (χ3v) is 3.03. The molecule has 1 aliphatic heterocycles. The second-order valence-corrected chi connectivity index (χ2v) is 4.36. The van der Waals surface area contributed by atoms with Gasteiger partial charge in [-0.15, -0.1) is 6.58 Å². The zero-order valence-electron chi connectivity index (χ0n) is 10.4. The Morgan fingerprint density at radius 1 is 1.56 bits per heavy atom. The van der Waals surface area contributed by atoms with Crippen LogP contribution < -0.4 is 10.2 Å². The van der Waals surface area contributed by atoms with Gasteiger partial charge in [-0.1, -0.05) is 18.2 Å². The zero-order valence-corrected chi connectivity index (χ0v) is 10.4. The molecule has 0 saturated carbocycles. The van der Waals surface area contributed by atoms with Crippen LogP contribution in [-0.4, -0.2) is 25.4 Å². The van der Waals surface area contributed by atoms with Gasteiger partial charge in [0.25, 0.3) is 0 Å². The molecule has 1 aromatic carbocycles. The van der Waals surface area contributed by atoms with Gasteiger partial charge in [0.15, 0.2) is 0 Å². The van der Waals surface area contributed by atoms with Gasteiger partial charge >= 0.3 is 0 Å². The third kappa shape index (κ3) is 2.42. The standard InChI is InChI=1S/C14H16N2O2/c1-3-6-15-13(17)8-10-4-5-12-11(7-10)9-14(18)16(12)2/h3-5,7H,1,6,8-9H2,2H3,(H,15,17). The van der Waals surface area contributed by atoms with E-state index in [1.807, 2.05) is 18.2 Å². The molecule has 2 rings (SSSR count). The summed E-state index contributed by atoms with van der Waals surface area (Å²) in [6.07, 6.45) is 2.40. The summed E-state index contributed by atoms with van der Waals surface area (Å²) < 4.78 is 0. The van der Waals surface area contributed by atoms with Gasteiger partial charge in [-0.2, -0.15) is 0 Å². The van der Waals surface area contributed by atoms with E-state index in [1.54, 1.807) is 18.0 Å². The van der Waals surface area contributed by atoms with Crippen LogP contribution in [0.5, 0.6) is 0 Å². The molecule has 0 spiro atoms. The fourth-order valence-electron chi connectivity index (χ4n) is 2.07. The molecule has 0 bridgehead atoms. The van der Waals surface area contributed by atoms with Gasteiger partial charge in [0.1, 0.15) is 0 Å². The summed E-state index contributed by atoms with van der Waals surface area (Å²) in [5.41, 5.74) is 2.87. The van der Waals surface area contributed by atoms with Crippen molar-refractivity contribution in [3.8, 4) is 0 Å². The molecule has 2 amide bonds. The SMILES string of the molecule is C=CCNC(=O)Cc1ccc2c(c1)CC(=O)N2C. The van der Waals surface area contributed by atoms with Gasteiger partial charge < -0.3 is 10.2 Å². The van der Waals surface area contributed by atoms with E-state index in [-0.39, 0.29) is 11.8 Å². The lowest BCUT2D eigenvalue weighted by Crippen LogP contribution is -2.24. The fourth-order valence-corrected chi connectivity index (χ4v) is 2.07. The topological polar surface area (TPSA) is 49.4 Å². The van der Waals surface area contributed by atoms with Crippen LogP contribution in [0.25, 0.3) is 0 Å². The molecule has 1 N–H and O–H groups in total. The molecular formula is C14H16N2O2. The lowest BCUT2D eigenvalue weighted by Gasteiger charge is -2.10. The Bertz CT molecular complexity index is 509. The molecule has 0 fully saturated rings. The van der Waals surface area contributed by atoms with Gasteiger partial charge in [-0.3, -0.25) is 9.59 Å². The Morgan fingerprint density at radius 2 is 2.33 bits per heavy atom. The molecule has 1 aromatic rings. The molecule has 0 aromatic heterocycles. The number of likely N-dealkylation sites (N-methyl/N-ethyl adjacent to an activating group) is 1. The van der Waals surface area contributed by atoms with Gasteiger partial charge in [-0.05, 0) is 17.2 Å². The largest absolute Gasteiger partial charge is 0.352 e. The van der Waals surface area contributed by atoms with E-state index in [9.17, 15) is 9.59 Å². The van der Waals surface area contributed by atoms with Crippen LogP contribution in [-0.2, 0) is 22.4 Å². The van der Waals surface area contributed by atoms with Crippen molar-refractivity contribution in [1.82, 2.24) is 5.32 Å². The van der Waals surface area contributed by atoms with Gasteiger partial charge in [0.05, 0.1) is 12.8 Å². The van der Waals surface area contributed by atoms with Gasteiger partial charge in [-0.25, -0.2) is 0 Å². The number of carbonyl (C=O) groups is 2. The summed E-state index contributed by atoms with van der Waals surface area (Å²) in [5, 5.41) is 2.73. The maximum Gasteiger partial charge on any atom is 0.231 e. The number of nitrogens with zero attached hydrogens (tertiary/aromatic N) is 1. The molecule has 0 atom stereocenters. The van der Waals surface area contributed by atoms with Crippen molar-refractivity contribution in [3.63, 3.8) is 0 Å². The van der Waals surface area contributed by atoms with Crippen molar-refractivity contribution in [2.45, 2.75) is 12.8 Å². The van der Waals surface area contributed by atoms with Gasteiger partial charge in [0, 0.05) is 19.3 Å².